The van der Waals surface area contributed by atoms with Crippen LogP contribution in [-0.4, -0.2) is 26.1 Å². The van der Waals surface area contributed by atoms with Gasteiger partial charge in [-0.15, -0.1) is 0 Å². The first-order valence-corrected chi connectivity index (χ1v) is 8.58. The summed E-state index contributed by atoms with van der Waals surface area (Å²) in [6.45, 7) is 1.94. The number of carbonyl (C=O) groups is 1. The third-order valence-electron chi connectivity index (χ3n) is 4.27. The number of nitrogens with one attached hydrogen (secondary N) is 3. The number of rotatable bonds is 4. The molecule has 0 aliphatic rings. The minimum Gasteiger partial charge on any atom is -0.322 e. The maximum Gasteiger partial charge on any atom is 0.257 e. The Balaban J connectivity index is 1.65. The van der Waals surface area contributed by atoms with Gasteiger partial charge in [0.05, 0.1) is 17.3 Å². The molecule has 0 atom stereocenters. The topological polar surface area (TPSA) is 104 Å². The molecule has 0 radical (unpaired) electrons. The number of aromatic amines is 2. The number of H-pyrrole nitrogens is 2. The highest BCUT2D eigenvalue weighted by molar-refractivity contribution is 6.11. The highest BCUT2D eigenvalue weighted by atomic mass is 16.1. The number of benzene rings is 2. The third kappa shape index (κ3) is 3.35. The monoisotopic (exact) mass is 359 g/mol. The van der Waals surface area contributed by atoms with Crippen LogP contribution < -0.4 is 10.9 Å². The summed E-state index contributed by atoms with van der Waals surface area (Å²) >= 11 is 0. The number of anilines is 1. The van der Waals surface area contributed by atoms with Crippen molar-refractivity contribution in [1.82, 2.24) is 20.2 Å². The van der Waals surface area contributed by atoms with Crippen LogP contribution in [0.1, 0.15) is 23.0 Å². The van der Waals surface area contributed by atoms with Crippen LogP contribution in [0, 0.1) is 0 Å². The minimum absolute atomic E-state index is 0.197. The van der Waals surface area contributed by atoms with Crippen LogP contribution in [0.4, 0.5) is 5.69 Å². The average Bonchev–Trinajstić information content (AvgIpc) is 3.16. The smallest absolute Gasteiger partial charge is 0.257 e. The Bertz CT molecular complexity index is 1190. The van der Waals surface area contributed by atoms with Crippen molar-refractivity contribution in [3.8, 4) is 11.4 Å². The average molecular weight is 359 g/mol. The van der Waals surface area contributed by atoms with E-state index in [1.165, 1.54) is 6.07 Å². The van der Waals surface area contributed by atoms with Crippen LogP contribution in [0.15, 0.2) is 59.5 Å². The molecule has 0 bridgehead atoms. The fourth-order valence-corrected chi connectivity index (χ4v) is 2.93. The summed E-state index contributed by atoms with van der Waals surface area (Å²) in [5.41, 5.74) is 3.05. The second-order valence-corrected chi connectivity index (χ2v) is 6.11. The number of amides is 1. The fraction of sp³-hybridized carbons (Fsp3) is 0.100. The summed E-state index contributed by atoms with van der Waals surface area (Å²) in [5, 5.41) is 10.6. The first kappa shape index (κ1) is 16.7. The molecule has 27 heavy (non-hydrogen) atoms. The standard InChI is InChI=1S/C20H17N5O2/c1-2-14-10-17(26)24-19(22-14)12-5-3-7-15(9-12)23-20(27)16-8-4-6-13-11-21-25-18(13)16/h3-11H,2H2,1H3,(H,21,25)(H,23,27)(H,22,24,26). The van der Waals surface area contributed by atoms with Crippen molar-refractivity contribution in [2.75, 3.05) is 5.32 Å². The van der Waals surface area contributed by atoms with Crippen molar-refractivity contribution < 1.29 is 4.79 Å². The Morgan fingerprint density at radius 2 is 2.00 bits per heavy atom. The second-order valence-electron chi connectivity index (χ2n) is 6.11. The molecular formula is C20H17N5O2. The van der Waals surface area contributed by atoms with Gasteiger partial charge in [-0.1, -0.05) is 31.2 Å². The lowest BCUT2D eigenvalue weighted by Gasteiger charge is -2.08. The van der Waals surface area contributed by atoms with Gasteiger partial charge in [-0.3, -0.25) is 14.7 Å². The zero-order valence-electron chi connectivity index (χ0n) is 14.6. The van der Waals surface area contributed by atoms with Crippen LogP contribution >= 0.6 is 0 Å². The number of hydrogen-bond donors (Lipinski definition) is 3. The predicted octanol–water partition coefficient (Wildman–Crippen LogP) is 3.13. The van der Waals surface area contributed by atoms with Crippen molar-refractivity contribution >= 4 is 22.5 Å². The van der Waals surface area contributed by atoms with Crippen LogP contribution in [-0.2, 0) is 6.42 Å². The van der Waals surface area contributed by atoms with Crippen molar-refractivity contribution in [1.29, 1.82) is 0 Å². The molecule has 7 nitrogen and oxygen atoms in total. The number of hydrogen-bond acceptors (Lipinski definition) is 4. The number of fused-ring (bicyclic) bond motifs is 1. The normalized spacial score (nSPS) is 10.9. The fourth-order valence-electron chi connectivity index (χ4n) is 2.93. The summed E-state index contributed by atoms with van der Waals surface area (Å²) in [6, 6.07) is 14.1. The van der Waals surface area contributed by atoms with Gasteiger partial charge >= 0.3 is 0 Å². The highest BCUT2D eigenvalue weighted by Crippen LogP contribution is 2.21. The molecule has 0 spiro atoms. The number of nitrogens with zero attached hydrogens (tertiary/aromatic N) is 2. The van der Waals surface area contributed by atoms with Crippen molar-refractivity contribution in [2.45, 2.75) is 13.3 Å². The minimum atomic E-state index is -0.245. The van der Waals surface area contributed by atoms with Crippen LogP contribution in [0.5, 0.6) is 0 Å². The van der Waals surface area contributed by atoms with E-state index in [2.05, 4.69) is 25.5 Å². The van der Waals surface area contributed by atoms with Gasteiger partial charge in [0.1, 0.15) is 5.82 Å². The van der Waals surface area contributed by atoms with Crippen molar-refractivity contribution in [3.05, 3.63) is 76.3 Å². The Hall–Kier alpha value is -3.74. The lowest BCUT2D eigenvalue weighted by atomic mass is 10.1. The zero-order valence-corrected chi connectivity index (χ0v) is 14.6. The van der Waals surface area contributed by atoms with Crippen LogP contribution in [0.25, 0.3) is 22.3 Å². The largest absolute Gasteiger partial charge is 0.322 e. The Morgan fingerprint density at radius 3 is 2.85 bits per heavy atom. The number of aromatic nitrogens is 4. The quantitative estimate of drug-likeness (QED) is 0.521. The molecule has 4 aromatic rings. The molecule has 2 aromatic carbocycles. The molecule has 0 aliphatic carbocycles. The molecule has 4 rings (SSSR count). The highest BCUT2D eigenvalue weighted by Gasteiger charge is 2.12. The van der Waals surface area contributed by atoms with Crippen LogP contribution in [0.2, 0.25) is 0 Å². The van der Waals surface area contributed by atoms with E-state index < -0.39 is 0 Å². The Labute approximate surface area is 154 Å². The maximum absolute atomic E-state index is 12.7. The second kappa shape index (κ2) is 6.87. The van der Waals surface area contributed by atoms with Crippen molar-refractivity contribution in [2.24, 2.45) is 0 Å². The molecular weight excluding hydrogens is 342 g/mol. The first-order chi connectivity index (χ1) is 13.1. The predicted molar refractivity (Wildman–Crippen MR) is 104 cm³/mol. The van der Waals surface area contributed by atoms with Gasteiger partial charge in [-0.05, 0) is 24.6 Å². The molecule has 2 aromatic heterocycles. The van der Waals surface area contributed by atoms with Gasteiger partial charge in [0.2, 0.25) is 0 Å². The van der Waals surface area contributed by atoms with Crippen molar-refractivity contribution in [3.63, 3.8) is 0 Å². The van der Waals surface area contributed by atoms with Gasteiger partial charge in [0.25, 0.3) is 11.5 Å². The van der Waals surface area contributed by atoms with E-state index in [1.807, 2.05) is 25.1 Å². The Kier molecular flexibility index (Phi) is 4.25. The van der Waals surface area contributed by atoms with Gasteiger partial charge in [0, 0.05) is 28.4 Å². The molecule has 7 heteroatoms. The van der Waals surface area contributed by atoms with E-state index in [-0.39, 0.29) is 11.5 Å². The van der Waals surface area contributed by atoms with E-state index in [0.717, 1.165) is 10.9 Å². The molecule has 0 saturated heterocycles. The van der Waals surface area contributed by atoms with E-state index >= 15 is 0 Å². The Morgan fingerprint density at radius 1 is 1.15 bits per heavy atom. The molecule has 0 unspecified atom stereocenters. The maximum atomic E-state index is 12.7. The third-order valence-corrected chi connectivity index (χ3v) is 4.27. The lowest BCUT2D eigenvalue weighted by molar-refractivity contribution is 0.102. The van der Waals surface area contributed by atoms with Gasteiger partial charge in [-0.2, -0.15) is 5.10 Å². The summed E-state index contributed by atoms with van der Waals surface area (Å²) in [5.74, 6) is 0.233. The van der Waals surface area contributed by atoms with E-state index in [0.29, 0.717) is 34.7 Å². The van der Waals surface area contributed by atoms with E-state index in [9.17, 15) is 9.59 Å². The molecule has 134 valence electrons. The van der Waals surface area contributed by atoms with E-state index in [1.54, 1.807) is 30.5 Å². The molecule has 1 amide bonds. The molecule has 2 heterocycles. The van der Waals surface area contributed by atoms with Gasteiger partial charge < -0.3 is 10.3 Å². The van der Waals surface area contributed by atoms with Gasteiger partial charge in [-0.25, -0.2) is 4.98 Å². The summed E-state index contributed by atoms with van der Waals surface area (Å²) in [4.78, 5) is 31.7. The number of para-hydroxylation sites is 1. The molecule has 0 aliphatic heterocycles. The number of carbonyl (C=O) groups excluding carboxylic acids is 1. The summed E-state index contributed by atoms with van der Waals surface area (Å²) in [7, 11) is 0. The SMILES string of the molecule is CCc1cc(=O)[nH]c(-c2cccc(NC(=O)c3cccc4cn[nH]c34)c2)n1. The number of aryl methyl sites for hydroxylation is 1. The van der Waals surface area contributed by atoms with Crippen LogP contribution in [0.3, 0.4) is 0 Å². The summed E-state index contributed by atoms with van der Waals surface area (Å²) < 4.78 is 0. The van der Waals surface area contributed by atoms with Gasteiger partial charge in [0.15, 0.2) is 0 Å². The van der Waals surface area contributed by atoms with E-state index in [4.69, 9.17) is 0 Å². The molecule has 0 saturated carbocycles. The zero-order chi connectivity index (χ0) is 18.8. The molecule has 3 N–H and O–H groups in total. The lowest BCUT2D eigenvalue weighted by Crippen LogP contribution is -2.13. The summed E-state index contributed by atoms with van der Waals surface area (Å²) in [6.07, 6.45) is 2.34. The molecule has 0 fully saturated rings. The first-order valence-electron chi connectivity index (χ1n) is 8.58.